The van der Waals surface area contributed by atoms with Gasteiger partial charge in [0.2, 0.25) is 0 Å². The third-order valence-corrected chi connectivity index (χ3v) is 7.99. The molecule has 0 heterocycles. The summed E-state index contributed by atoms with van der Waals surface area (Å²) < 4.78 is 0. The Balaban J connectivity index is 0.00000185. The molecule has 1 N–H and O–H groups in total. The Bertz CT molecular complexity index is 1800. The van der Waals surface area contributed by atoms with Gasteiger partial charge in [0.1, 0.15) is 0 Å². The molecule has 1 nitrogen and oxygen atoms in total. The van der Waals surface area contributed by atoms with Crippen LogP contribution in [0.25, 0.3) is 50.2 Å². The van der Waals surface area contributed by atoms with Gasteiger partial charge in [-0.1, -0.05) is 156 Å². The molecule has 1 heteroatoms. The highest BCUT2D eigenvalue weighted by Crippen LogP contribution is 2.43. The minimum Gasteiger partial charge on any atom is -0.308 e. The van der Waals surface area contributed by atoms with Crippen molar-refractivity contribution < 1.29 is 0 Å². The van der Waals surface area contributed by atoms with Crippen molar-refractivity contribution in [3.63, 3.8) is 0 Å². The Morgan fingerprint density at radius 2 is 1.37 bits per heavy atom. The van der Waals surface area contributed by atoms with Crippen LogP contribution in [0.3, 0.4) is 0 Å². The third kappa shape index (κ3) is 8.70. The van der Waals surface area contributed by atoms with E-state index in [-0.39, 0.29) is 0 Å². The van der Waals surface area contributed by atoms with Crippen LogP contribution in [0.15, 0.2) is 127 Å². The molecule has 0 saturated carbocycles. The summed E-state index contributed by atoms with van der Waals surface area (Å²) >= 11 is 0. The Kier molecular flexibility index (Phi) is 14.2. The molecule has 4 rings (SSSR count). The molecule has 0 radical (unpaired) electrons. The fourth-order valence-corrected chi connectivity index (χ4v) is 5.63. The molecule has 0 atom stereocenters. The van der Waals surface area contributed by atoms with Crippen molar-refractivity contribution in [3.05, 3.63) is 150 Å². The second-order valence-corrected chi connectivity index (χ2v) is 11.5. The van der Waals surface area contributed by atoms with Gasteiger partial charge in [-0.05, 0) is 112 Å². The number of hydrogen-bond acceptors (Lipinski definition) is 1. The molecule has 46 heavy (non-hydrogen) atoms. The molecule has 0 saturated heterocycles. The van der Waals surface area contributed by atoms with Crippen LogP contribution in [0.4, 0.5) is 0 Å². The van der Waals surface area contributed by atoms with Crippen molar-refractivity contribution in [3.8, 4) is 22.3 Å². The maximum absolute atomic E-state index is 8.00. The van der Waals surface area contributed by atoms with Crippen molar-refractivity contribution in [2.45, 2.75) is 67.7 Å². The van der Waals surface area contributed by atoms with E-state index in [0.29, 0.717) is 0 Å². The second-order valence-electron chi connectivity index (χ2n) is 11.5. The van der Waals surface area contributed by atoms with Gasteiger partial charge in [-0.25, -0.2) is 0 Å². The predicted molar refractivity (Wildman–Crippen MR) is 209 cm³/mol. The second kappa shape index (κ2) is 18.3. The highest BCUT2D eigenvalue weighted by Gasteiger charge is 2.18. The zero-order valence-corrected chi connectivity index (χ0v) is 29.0. The van der Waals surface area contributed by atoms with Crippen molar-refractivity contribution in [1.82, 2.24) is 0 Å². The van der Waals surface area contributed by atoms with Crippen LogP contribution < -0.4 is 0 Å². The molecule has 0 spiro atoms. The number of fused-ring (bicyclic) bond motifs is 1. The largest absolute Gasteiger partial charge is 0.308 e. The molecule has 0 fully saturated rings. The van der Waals surface area contributed by atoms with Crippen LogP contribution in [0.2, 0.25) is 0 Å². The van der Waals surface area contributed by atoms with E-state index in [0.717, 1.165) is 29.5 Å². The summed E-state index contributed by atoms with van der Waals surface area (Å²) in [5.41, 5.74) is 12.9. The van der Waals surface area contributed by atoms with Gasteiger partial charge in [-0.2, -0.15) is 0 Å². The van der Waals surface area contributed by atoms with Crippen LogP contribution >= 0.6 is 0 Å². The molecular formula is C45H51N. The first kappa shape index (κ1) is 35.7. The normalized spacial score (nSPS) is 12.5. The first-order chi connectivity index (χ1) is 22.4. The Morgan fingerprint density at radius 1 is 0.783 bits per heavy atom. The van der Waals surface area contributed by atoms with Gasteiger partial charge >= 0.3 is 0 Å². The summed E-state index contributed by atoms with van der Waals surface area (Å²) in [4.78, 5) is 0. The van der Waals surface area contributed by atoms with Gasteiger partial charge in [0.25, 0.3) is 0 Å². The lowest BCUT2D eigenvalue weighted by Crippen LogP contribution is -1.97. The molecule has 236 valence electrons. The highest BCUT2D eigenvalue weighted by atomic mass is 14.3. The van der Waals surface area contributed by atoms with Crippen molar-refractivity contribution in [2.24, 2.45) is 0 Å². The molecule has 4 aromatic carbocycles. The average Bonchev–Trinajstić information content (AvgIpc) is 3.08. The smallest absolute Gasteiger partial charge is 0.0253 e. The number of allylic oxidation sites excluding steroid dienone is 10. The lowest BCUT2D eigenvalue weighted by atomic mass is 9.83. The Hall–Kier alpha value is -4.75. The molecule has 0 aromatic heterocycles. The van der Waals surface area contributed by atoms with Gasteiger partial charge < -0.3 is 5.41 Å². The van der Waals surface area contributed by atoms with Gasteiger partial charge in [-0.3, -0.25) is 0 Å². The third-order valence-electron chi connectivity index (χ3n) is 7.99. The zero-order valence-electron chi connectivity index (χ0n) is 29.0. The average molecular weight is 606 g/mol. The van der Waals surface area contributed by atoms with Gasteiger partial charge in [0.05, 0.1) is 0 Å². The van der Waals surface area contributed by atoms with Gasteiger partial charge in [0.15, 0.2) is 0 Å². The monoisotopic (exact) mass is 605 g/mol. The van der Waals surface area contributed by atoms with Crippen molar-refractivity contribution in [2.75, 3.05) is 0 Å². The van der Waals surface area contributed by atoms with Gasteiger partial charge in [-0.15, -0.1) is 0 Å². The van der Waals surface area contributed by atoms with Crippen LogP contribution in [-0.4, -0.2) is 6.21 Å². The fraction of sp³-hybridized carbons (Fsp3) is 0.222. The minimum atomic E-state index is 0.887. The molecule has 0 aliphatic carbocycles. The van der Waals surface area contributed by atoms with E-state index in [9.17, 15) is 0 Å². The highest BCUT2D eigenvalue weighted by molar-refractivity contribution is 6.11. The van der Waals surface area contributed by atoms with Gasteiger partial charge in [0, 0.05) is 6.21 Å². The summed E-state index contributed by atoms with van der Waals surface area (Å²) in [7, 11) is 0. The lowest BCUT2D eigenvalue weighted by Gasteiger charge is -2.21. The Labute approximate surface area is 278 Å². The van der Waals surface area contributed by atoms with Crippen molar-refractivity contribution >= 4 is 34.2 Å². The van der Waals surface area contributed by atoms with Crippen molar-refractivity contribution in [1.29, 1.82) is 5.41 Å². The molecule has 4 aromatic rings. The Morgan fingerprint density at radius 3 is 1.91 bits per heavy atom. The zero-order chi connectivity index (χ0) is 33.5. The van der Waals surface area contributed by atoms with E-state index in [4.69, 9.17) is 5.41 Å². The van der Waals surface area contributed by atoms with Crippen LogP contribution in [0, 0.1) is 12.3 Å². The first-order valence-corrected chi connectivity index (χ1v) is 16.6. The van der Waals surface area contributed by atoms with Crippen LogP contribution in [-0.2, 0) is 0 Å². The number of hydrogen-bond donors (Lipinski definition) is 1. The van der Waals surface area contributed by atoms with Crippen LogP contribution in [0.1, 0.15) is 83.1 Å². The SMILES string of the molecule is C=C/C=C\c1c(C)c(-c2cccc(C(/C=C\C=C(/C)CC)=C/C)c2)c2ccccc2c1-c1cccc(/C(C=N)=C/CC)c1.CCC. The van der Waals surface area contributed by atoms with Crippen LogP contribution in [0.5, 0.6) is 0 Å². The molecule has 0 bridgehead atoms. The van der Waals surface area contributed by atoms with E-state index in [1.807, 2.05) is 12.2 Å². The summed E-state index contributed by atoms with van der Waals surface area (Å²) in [5, 5.41) is 10.4. The maximum atomic E-state index is 8.00. The summed E-state index contributed by atoms with van der Waals surface area (Å²) in [6.45, 7) is 19.0. The predicted octanol–water partition coefficient (Wildman–Crippen LogP) is 13.9. The first-order valence-electron chi connectivity index (χ1n) is 16.6. The molecule has 0 aliphatic rings. The van der Waals surface area contributed by atoms with E-state index in [1.54, 1.807) is 0 Å². The topological polar surface area (TPSA) is 23.9 Å². The number of benzene rings is 4. The molecule has 0 unspecified atom stereocenters. The van der Waals surface area contributed by atoms with E-state index in [1.165, 1.54) is 67.9 Å². The quantitative estimate of drug-likeness (QED) is 0.130. The molecule has 0 aliphatic heterocycles. The number of rotatable bonds is 11. The molecule has 0 amide bonds. The molecular weight excluding hydrogens is 555 g/mol. The fourth-order valence-electron chi connectivity index (χ4n) is 5.63. The summed E-state index contributed by atoms with van der Waals surface area (Å²) in [5.74, 6) is 0. The van der Waals surface area contributed by atoms with E-state index < -0.39 is 0 Å². The van der Waals surface area contributed by atoms with E-state index in [2.05, 4.69) is 164 Å². The number of nitrogens with one attached hydrogen (secondary N) is 1. The lowest BCUT2D eigenvalue weighted by molar-refractivity contribution is 1.09. The standard InChI is InChI=1S/C42H43N.C3H8/c1-7-11-24-38-31(6)41(35-22-15-20-33(27-35)32(10-4)19-14-18-30(5)9-3)39-25-12-13-26-40(39)42(38)36-23-16-21-34(28-36)37(29-43)17-8-2;1-3-2/h7,10-29,43H,1,8-9H2,2-6H3;3H2,1-2H3/b19-14-,24-11-,30-18+,32-10+,37-17+,43-29?;. The maximum Gasteiger partial charge on any atom is 0.0253 e. The van der Waals surface area contributed by atoms with E-state index >= 15 is 0 Å². The minimum absolute atomic E-state index is 0.887. The summed E-state index contributed by atoms with van der Waals surface area (Å²) in [6, 6.07) is 26.2. The summed E-state index contributed by atoms with van der Waals surface area (Å²) in [6.07, 6.45) is 21.5.